The van der Waals surface area contributed by atoms with E-state index in [2.05, 4.69) is 36.8 Å². The van der Waals surface area contributed by atoms with Crippen molar-refractivity contribution >= 4 is 38.9 Å². The zero-order chi connectivity index (χ0) is 54.5. The minimum Gasteiger partial charge on any atom is -0.491 e. The minimum absolute atomic E-state index is 0.257. The highest BCUT2D eigenvalue weighted by molar-refractivity contribution is 7.94. The van der Waals surface area contributed by atoms with Gasteiger partial charge in [0.15, 0.2) is 0 Å². The molecule has 0 amide bonds. The average Bonchev–Trinajstić information content (AvgIpc) is 3.19. The van der Waals surface area contributed by atoms with E-state index in [-0.39, 0.29) is 6.10 Å². The summed E-state index contributed by atoms with van der Waals surface area (Å²) in [6.07, 6.45) is -50.0. The maximum Gasteiger partial charge on any atom is 0.416 e. The first-order valence-electron chi connectivity index (χ1n) is 19.5. The topological polar surface area (TPSA) is 9.23 Å². The highest BCUT2D eigenvalue weighted by atomic mass is 32.2. The smallest absolute Gasteiger partial charge is 0.416 e. The third-order valence-electron chi connectivity index (χ3n) is 10.2. The molecule has 0 bridgehead atoms. The van der Waals surface area contributed by atoms with Crippen LogP contribution < -0.4 is 26.6 Å². The third-order valence-corrected chi connectivity index (χ3v) is 11.1. The Hall–Kier alpha value is -5.37. The van der Waals surface area contributed by atoms with Gasteiger partial charge in [0, 0.05) is 5.56 Å². The van der Waals surface area contributed by atoms with Gasteiger partial charge in [-0.3, -0.25) is 0 Å². The SMILES string of the molecule is CC(C)Oc1ccc(C[S+](C)C)cc1.FC(F)(F)c1cc([B-](c2cc(C(F)(F)F)cc(C(F)(F)F)c2)(c2cc(C(F)(F)F)cc(C(F)(F)F)c2)c2cc(C(F)(F)F)cc(C(F)(F)F)c2)cc(C(F)(F)F)c1. The molecule has 0 aliphatic heterocycles. The van der Waals surface area contributed by atoms with Crippen LogP contribution in [0.3, 0.4) is 0 Å². The quantitative estimate of drug-likeness (QED) is 0.0855. The summed E-state index contributed by atoms with van der Waals surface area (Å²) in [5, 5.41) is 0. The second kappa shape index (κ2) is 19.9. The molecule has 390 valence electrons. The Morgan fingerprint density at radius 2 is 0.549 bits per heavy atom. The first-order chi connectivity index (χ1) is 31.8. The third kappa shape index (κ3) is 14.4. The van der Waals surface area contributed by atoms with Crippen LogP contribution >= 0.6 is 0 Å². The Kier molecular flexibility index (Phi) is 16.3. The van der Waals surface area contributed by atoms with Crippen LogP contribution in [-0.2, 0) is 66.1 Å². The fourth-order valence-electron chi connectivity index (χ4n) is 7.34. The highest BCUT2D eigenvalue weighted by Crippen LogP contribution is 2.41. The summed E-state index contributed by atoms with van der Waals surface area (Å²) in [6, 6.07) is -0.380. The molecule has 71 heavy (non-hydrogen) atoms. The molecule has 1 nitrogen and oxygen atoms in total. The lowest BCUT2D eigenvalue weighted by atomic mass is 9.12. The van der Waals surface area contributed by atoms with Gasteiger partial charge in [-0.15, -0.1) is 0 Å². The van der Waals surface area contributed by atoms with Crippen LogP contribution in [0.15, 0.2) is 97.1 Å². The van der Waals surface area contributed by atoms with Crippen LogP contribution in [0.1, 0.15) is 63.9 Å². The minimum atomic E-state index is -6.13. The maximum absolute atomic E-state index is 14.2. The number of hydrogen-bond donors (Lipinski definition) is 0. The molecule has 5 aromatic rings. The van der Waals surface area contributed by atoms with E-state index in [1.54, 1.807) is 0 Å². The van der Waals surface area contributed by atoms with Crippen molar-refractivity contribution in [3.8, 4) is 5.75 Å². The molecule has 0 saturated carbocycles. The summed E-state index contributed by atoms with van der Waals surface area (Å²) in [5.41, 5.74) is -28.8. The van der Waals surface area contributed by atoms with Gasteiger partial charge in [-0.1, -0.05) is 60.7 Å². The molecule has 0 atom stereocenters. The van der Waals surface area contributed by atoms with Crippen LogP contribution in [0.25, 0.3) is 0 Å². The molecule has 5 rings (SSSR count). The van der Waals surface area contributed by atoms with Gasteiger partial charge < -0.3 is 4.74 Å². The van der Waals surface area contributed by atoms with Crippen LogP contribution in [0.2, 0.25) is 0 Å². The molecule has 0 unspecified atom stereocenters. The summed E-state index contributed by atoms with van der Waals surface area (Å²) < 4.78 is 346. The molecule has 0 aliphatic carbocycles. The molecular formula is C44H31BF24OS. The van der Waals surface area contributed by atoms with Crippen LogP contribution in [-0.4, -0.2) is 24.8 Å². The predicted molar refractivity (Wildman–Crippen MR) is 215 cm³/mol. The Balaban J connectivity index is 0.000000671. The van der Waals surface area contributed by atoms with E-state index in [0.29, 0.717) is 10.9 Å². The first kappa shape index (κ1) is 58.2. The lowest BCUT2D eigenvalue weighted by Gasteiger charge is -2.46. The summed E-state index contributed by atoms with van der Waals surface area (Å²) in [5.74, 6) is 2.14. The van der Waals surface area contributed by atoms with Crippen LogP contribution in [0, 0.1) is 0 Å². The second-order valence-electron chi connectivity index (χ2n) is 16.2. The van der Waals surface area contributed by atoms with E-state index in [4.69, 9.17) is 4.74 Å². The maximum atomic E-state index is 14.2. The number of halogens is 24. The summed E-state index contributed by atoms with van der Waals surface area (Å²) >= 11 is 0. The molecule has 0 spiro atoms. The van der Waals surface area contributed by atoms with E-state index < -0.39 is 195 Å². The molecule has 0 aromatic heterocycles. The zero-order valence-electron chi connectivity index (χ0n) is 36.0. The number of benzene rings is 5. The first-order valence-corrected chi connectivity index (χ1v) is 21.7. The van der Waals surface area contributed by atoms with Crippen molar-refractivity contribution in [1.82, 2.24) is 0 Å². The summed E-state index contributed by atoms with van der Waals surface area (Å²) in [6.45, 7) is 4.09. The van der Waals surface area contributed by atoms with Gasteiger partial charge in [-0.05, 0) is 61.1 Å². The zero-order valence-corrected chi connectivity index (χ0v) is 36.8. The van der Waals surface area contributed by atoms with Crippen LogP contribution in [0.5, 0.6) is 5.75 Å². The molecule has 0 heterocycles. The Labute approximate surface area is 389 Å². The molecule has 0 fully saturated rings. The van der Waals surface area contributed by atoms with E-state index >= 15 is 0 Å². The largest absolute Gasteiger partial charge is 0.491 e. The van der Waals surface area contributed by atoms with Crippen molar-refractivity contribution in [2.45, 2.75) is 75.1 Å². The van der Waals surface area contributed by atoms with Gasteiger partial charge >= 0.3 is 49.4 Å². The summed E-state index contributed by atoms with van der Waals surface area (Å²) in [4.78, 5) is 0. The summed E-state index contributed by atoms with van der Waals surface area (Å²) in [7, 11) is 0.475. The van der Waals surface area contributed by atoms with E-state index in [1.165, 1.54) is 11.3 Å². The van der Waals surface area contributed by atoms with Crippen molar-refractivity contribution in [3.05, 3.63) is 147 Å². The fraction of sp³-hybridized carbons (Fsp3) is 0.318. The van der Waals surface area contributed by atoms with Crippen molar-refractivity contribution in [3.63, 3.8) is 0 Å². The molecule has 5 aromatic carbocycles. The number of hydrogen-bond acceptors (Lipinski definition) is 1. The second-order valence-corrected chi connectivity index (χ2v) is 18.4. The van der Waals surface area contributed by atoms with Crippen molar-refractivity contribution in [2.75, 3.05) is 12.5 Å². The highest BCUT2D eigenvalue weighted by Gasteiger charge is 2.47. The van der Waals surface area contributed by atoms with Crippen LogP contribution in [0.4, 0.5) is 105 Å². The monoisotopic (exact) mass is 1070 g/mol. The van der Waals surface area contributed by atoms with Gasteiger partial charge in [0.1, 0.15) is 17.6 Å². The fourth-order valence-corrected chi connectivity index (χ4v) is 8.20. The molecule has 0 radical (unpaired) electrons. The molecule has 0 N–H and O–H groups in total. The normalized spacial score (nSPS) is 13.7. The van der Waals surface area contributed by atoms with Gasteiger partial charge in [-0.2, -0.15) is 127 Å². The molecule has 0 aliphatic rings. The predicted octanol–water partition coefficient (Wildman–Crippen LogP) is 14.1. The lowest BCUT2D eigenvalue weighted by Crippen LogP contribution is -2.75. The Morgan fingerprint density at radius 3 is 0.704 bits per heavy atom. The number of alkyl halides is 24. The van der Waals surface area contributed by atoms with Gasteiger partial charge in [-0.25, -0.2) is 0 Å². The molecule has 0 saturated heterocycles. The van der Waals surface area contributed by atoms with E-state index in [9.17, 15) is 105 Å². The lowest BCUT2D eigenvalue weighted by molar-refractivity contribution is -0.144. The standard InChI is InChI=1S/C32H12BF24.C12H19OS/c34-25(35,36)13-1-14(26(37,38)39)6-21(5-13)33(22-7-15(27(40,41)42)2-16(8-22)28(43,44)45,23-9-17(29(46,47)48)3-18(10-23)30(49,50)51)24-11-19(31(52,53)54)4-20(12-24)32(55,56)57;1-10(2)13-12-7-5-11(6-8-12)9-14(3)4/h1-12H;5-8,10H,9H2,1-4H3/q-1;+1. The van der Waals surface area contributed by atoms with Crippen molar-refractivity contribution in [2.24, 2.45) is 0 Å². The van der Waals surface area contributed by atoms with E-state index in [1.807, 2.05) is 13.8 Å². The van der Waals surface area contributed by atoms with E-state index in [0.717, 1.165) is 5.75 Å². The molecule has 27 heteroatoms. The molecular weight excluding hydrogens is 1040 g/mol. The Bertz CT molecular complexity index is 2180. The van der Waals surface area contributed by atoms with Crippen molar-refractivity contribution < 1.29 is 110 Å². The van der Waals surface area contributed by atoms with Gasteiger partial charge in [0.2, 0.25) is 0 Å². The number of ether oxygens (including phenoxy) is 1. The number of rotatable bonds is 8. The van der Waals surface area contributed by atoms with Gasteiger partial charge in [0.25, 0.3) is 0 Å². The average molecular weight is 1070 g/mol. The Morgan fingerprint density at radius 1 is 0.352 bits per heavy atom. The van der Waals surface area contributed by atoms with Crippen molar-refractivity contribution in [1.29, 1.82) is 0 Å². The van der Waals surface area contributed by atoms with Gasteiger partial charge in [0.05, 0.1) is 63.1 Å².